The fraction of sp³-hybridized carbons (Fsp3) is 0.667. The second-order valence-electron chi connectivity index (χ2n) is 2.49. The summed E-state index contributed by atoms with van der Waals surface area (Å²) < 4.78 is 1.67. The van der Waals surface area contributed by atoms with E-state index in [1.165, 1.54) is 21.6 Å². The summed E-state index contributed by atoms with van der Waals surface area (Å²) in [4.78, 5) is 3.79. The van der Waals surface area contributed by atoms with Gasteiger partial charge in [0.15, 0.2) is 0 Å². The average molecular weight is 273 g/mol. The first-order chi connectivity index (χ1) is 5.45. The van der Waals surface area contributed by atoms with Gasteiger partial charge in [-0.3, -0.25) is 0 Å². The number of hydrogen-bond donors (Lipinski definition) is 0. The lowest BCUT2D eigenvalue weighted by Crippen LogP contribution is -2.18. The van der Waals surface area contributed by atoms with E-state index in [9.17, 15) is 0 Å². The summed E-state index contributed by atoms with van der Waals surface area (Å²) in [5.41, 5.74) is 0. The molecule has 0 saturated heterocycles. The second kappa shape index (κ2) is 8.16. The molecule has 0 aliphatic rings. The van der Waals surface area contributed by atoms with Crippen LogP contribution in [0.2, 0.25) is 0 Å². The van der Waals surface area contributed by atoms with Crippen LogP contribution in [0.15, 0.2) is 0 Å². The van der Waals surface area contributed by atoms with Gasteiger partial charge in [0.25, 0.3) is 0 Å². The van der Waals surface area contributed by atoms with Crippen molar-refractivity contribution in [2.24, 2.45) is 0 Å². The Kier molecular flexibility index (Phi) is 10.2. The van der Waals surface area contributed by atoms with Gasteiger partial charge in [-0.25, -0.2) is 0 Å². The van der Waals surface area contributed by atoms with Gasteiger partial charge in [0.2, 0.25) is 0 Å². The third-order valence-corrected chi connectivity index (χ3v) is 5.07. The molecule has 0 aliphatic heterocycles. The molecule has 0 N–H and O–H groups in total. The Morgan fingerprint density at radius 3 is 1.23 bits per heavy atom. The molecule has 0 unspecified atom stereocenters. The highest BCUT2D eigenvalue weighted by Crippen LogP contribution is 2.26. The summed E-state index contributed by atoms with van der Waals surface area (Å²) in [6.07, 6.45) is 0. The number of rotatable bonds is 0. The Bertz CT molecular complexity index is 160. The van der Waals surface area contributed by atoms with E-state index in [0.717, 1.165) is 8.64 Å². The molecule has 0 heterocycles. The molecule has 76 valence electrons. The van der Waals surface area contributed by atoms with E-state index in [-0.39, 0.29) is 13.5 Å². The molecule has 7 heteroatoms. The van der Waals surface area contributed by atoms with Crippen LogP contribution in [0.25, 0.3) is 0 Å². The van der Waals surface area contributed by atoms with Gasteiger partial charge in [-0.15, -0.1) is 0 Å². The van der Waals surface area contributed by atoms with Crippen molar-refractivity contribution in [2.45, 2.75) is 0 Å². The number of nitrogens with zero attached hydrogens (tertiary/aromatic N) is 2. The van der Waals surface area contributed by atoms with Crippen LogP contribution < -0.4 is 0 Å². The lowest BCUT2D eigenvalue weighted by molar-refractivity contribution is 0.647. The van der Waals surface area contributed by atoms with Gasteiger partial charge in [0, 0.05) is 41.7 Å². The Balaban J connectivity index is 0. The molecule has 0 aromatic rings. The molecule has 13 heavy (non-hydrogen) atoms. The molecule has 0 amide bonds. The maximum absolute atomic E-state index is 5.07. The lowest BCUT2D eigenvalue weighted by atomic mass is 11.0. The van der Waals surface area contributed by atoms with Crippen LogP contribution in [0.5, 0.6) is 0 Å². The minimum Gasteiger partial charge on any atom is -0.363 e. The van der Waals surface area contributed by atoms with Crippen molar-refractivity contribution in [1.29, 1.82) is 0 Å². The predicted octanol–water partition coefficient (Wildman–Crippen LogP) is 2.71. The molecular formula is C6H12N2S5. The largest absolute Gasteiger partial charge is 0.363 e. The highest BCUT2D eigenvalue weighted by molar-refractivity contribution is 8.89. The van der Waals surface area contributed by atoms with Crippen molar-refractivity contribution < 1.29 is 0 Å². The van der Waals surface area contributed by atoms with Crippen molar-refractivity contribution in [3.8, 4) is 0 Å². The molecule has 0 aliphatic carbocycles. The maximum atomic E-state index is 5.07. The first-order valence-electron chi connectivity index (χ1n) is 3.22. The Hall–Kier alpha value is 0.830. The van der Waals surface area contributed by atoms with Gasteiger partial charge < -0.3 is 9.80 Å². The Labute approximate surface area is 106 Å². The van der Waals surface area contributed by atoms with Gasteiger partial charge in [-0.05, 0) is 21.6 Å². The van der Waals surface area contributed by atoms with Crippen molar-refractivity contribution >= 4 is 68.2 Å². The zero-order valence-electron chi connectivity index (χ0n) is 7.94. The first-order valence-corrected chi connectivity index (χ1v) is 6.19. The third-order valence-electron chi connectivity index (χ3n) is 0.915. The molecule has 0 aromatic carbocycles. The van der Waals surface area contributed by atoms with Crippen LogP contribution in [0.1, 0.15) is 0 Å². The monoisotopic (exact) mass is 272 g/mol. The van der Waals surface area contributed by atoms with E-state index in [2.05, 4.69) is 0 Å². The summed E-state index contributed by atoms with van der Waals surface area (Å²) in [5.74, 6) is 0. The zero-order valence-corrected chi connectivity index (χ0v) is 12.0. The van der Waals surface area contributed by atoms with Gasteiger partial charge in [-0.1, -0.05) is 24.4 Å². The minimum atomic E-state index is 0. The molecule has 2 radical (unpaired) electrons. The summed E-state index contributed by atoms with van der Waals surface area (Å²) in [6.45, 7) is 0. The van der Waals surface area contributed by atoms with Crippen LogP contribution in [0.4, 0.5) is 0 Å². The molecule has 0 spiro atoms. The molecule has 0 atom stereocenters. The average Bonchev–Trinajstić information content (AvgIpc) is 1.98. The van der Waals surface area contributed by atoms with E-state index in [1.54, 1.807) is 0 Å². The van der Waals surface area contributed by atoms with Gasteiger partial charge in [0.1, 0.15) is 8.64 Å². The summed E-state index contributed by atoms with van der Waals surface area (Å²) in [7, 11) is 10.7. The fourth-order valence-electron chi connectivity index (χ4n) is 0.220. The fourth-order valence-corrected chi connectivity index (χ4v) is 2.60. The summed E-state index contributed by atoms with van der Waals surface area (Å²) in [5, 5.41) is 0. The van der Waals surface area contributed by atoms with Crippen molar-refractivity contribution in [3.05, 3.63) is 0 Å². The minimum absolute atomic E-state index is 0. The van der Waals surface area contributed by atoms with Crippen LogP contribution in [-0.4, -0.2) is 46.6 Å². The highest BCUT2D eigenvalue weighted by Gasteiger charge is 2.04. The number of hydrogen-bond acceptors (Lipinski definition) is 4. The van der Waals surface area contributed by atoms with E-state index in [1.807, 2.05) is 38.0 Å². The molecule has 0 saturated carbocycles. The van der Waals surface area contributed by atoms with Crippen LogP contribution in [-0.2, 0) is 0 Å². The number of thiocarbonyl (C=S) groups is 2. The van der Waals surface area contributed by atoms with E-state index in [4.69, 9.17) is 24.4 Å². The standard InChI is InChI=1S/C6H12N2S4.S/c1-7(2)5(9)11-12-6(10)8(3)4;/h1-4H3;. The summed E-state index contributed by atoms with van der Waals surface area (Å²) >= 11 is 10.1. The highest BCUT2D eigenvalue weighted by atomic mass is 33.1. The van der Waals surface area contributed by atoms with Gasteiger partial charge in [0.05, 0.1) is 0 Å². The molecule has 0 bridgehead atoms. The quantitative estimate of drug-likeness (QED) is 0.490. The third kappa shape index (κ3) is 7.87. The van der Waals surface area contributed by atoms with Crippen LogP contribution in [0, 0.1) is 0 Å². The van der Waals surface area contributed by atoms with Crippen molar-refractivity contribution in [2.75, 3.05) is 28.2 Å². The normalized spacial score (nSPS) is 8.62. The van der Waals surface area contributed by atoms with Gasteiger partial charge in [-0.2, -0.15) is 0 Å². The van der Waals surface area contributed by atoms with E-state index >= 15 is 0 Å². The molecule has 0 fully saturated rings. The second-order valence-corrected chi connectivity index (χ2v) is 5.88. The summed E-state index contributed by atoms with van der Waals surface area (Å²) in [6, 6.07) is 0. The maximum Gasteiger partial charge on any atom is 0.146 e. The Morgan fingerprint density at radius 2 is 1.08 bits per heavy atom. The van der Waals surface area contributed by atoms with E-state index in [0.29, 0.717) is 0 Å². The molecule has 0 aromatic heterocycles. The first kappa shape index (κ1) is 16.3. The van der Waals surface area contributed by atoms with Crippen molar-refractivity contribution in [1.82, 2.24) is 9.80 Å². The molecular weight excluding hydrogens is 260 g/mol. The van der Waals surface area contributed by atoms with E-state index < -0.39 is 0 Å². The lowest BCUT2D eigenvalue weighted by Gasteiger charge is -2.15. The zero-order chi connectivity index (χ0) is 9.72. The SMILES string of the molecule is CN(C)C(=S)SSC(=S)N(C)C.[S]. The van der Waals surface area contributed by atoms with Gasteiger partial charge >= 0.3 is 0 Å². The Morgan fingerprint density at radius 1 is 0.846 bits per heavy atom. The van der Waals surface area contributed by atoms with Crippen molar-refractivity contribution in [3.63, 3.8) is 0 Å². The van der Waals surface area contributed by atoms with Crippen LogP contribution in [0.3, 0.4) is 0 Å². The topological polar surface area (TPSA) is 6.48 Å². The smallest absolute Gasteiger partial charge is 0.146 e. The predicted molar refractivity (Wildman–Crippen MR) is 75.3 cm³/mol. The van der Waals surface area contributed by atoms with Crippen LogP contribution >= 0.6 is 59.5 Å². The molecule has 0 rings (SSSR count). The molecule has 2 nitrogen and oxygen atoms in total.